The van der Waals surface area contributed by atoms with Crippen molar-refractivity contribution in [3.05, 3.63) is 0 Å². The summed E-state index contributed by atoms with van der Waals surface area (Å²) < 4.78 is 5.36. The summed E-state index contributed by atoms with van der Waals surface area (Å²) in [6.45, 7) is 10.6. The van der Waals surface area contributed by atoms with Crippen molar-refractivity contribution in [3.8, 4) is 0 Å². The fraction of sp³-hybridized carbons (Fsp3) is 1.00. The van der Waals surface area contributed by atoms with Crippen molar-refractivity contribution >= 4 is 0 Å². The van der Waals surface area contributed by atoms with E-state index in [0.717, 1.165) is 39.4 Å². The summed E-state index contributed by atoms with van der Waals surface area (Å²) in [6.07, 6.45) is 0. The Kier molecular flexibility index (Phi) is 4.58. The van der Waals surface area contributed by atoms with Crippen LogP contribution < -0.4 is 5.32 Å². The van der Waals surface area contributed by atoms with Crippen LogP contribution in [0.25, 0.3) is 0 Å². The van der Waals surface area contributed by atoms with Crippen LogP contribution in [0.1, 0.15) is 13.8 Å². The molecule has 1 aliphatic heterocycles. The normalized spacial score (nSPS) is 26.0. The number of morpholine rings is 1. The third kappa shape index (κ3) is 3.09. The molecular formula is C9H20N2O. The van der Waals surface area contributed by atoms with E-state index in [4.69, 9.17) is 4.74 Å². The van der Waals surface area contributed by atoms with Crippen molar-refractivity contribution in [2.75, 3.05) is 39.4 Å². The topological polar surface area (TPSA) is 24.5 Å². The van der Waals surface area contributed by atoms with Gasteiger partial charge < -0.3 is 10.1 Å². The van der Waals surface area contributed by atoms with Crippen LogP contribution in [-0.4, -0.2) is 50.3 Å². The van der Waals surface area contributed by atoms with E-state index < -0.39 is 0 Å². The van der Waals surface area contributed by atoms with Crippen molar-refractivity contribution < 1.29 is 4.74 Å². The maximum atomic E-state index is 5.36. The average Bonchev–Trinajstić information content (AvgIpc) is 2.09. The van der Waals surface area contributed by atoms with Gasteiger partial charge in [0.1, 0.15) is 0 Å². The van der Waals surface area contributed by atoms with E-state index in [1.807, 2.05) is 0 Å². The Hall–Kier alpha value is -0.120. The summed E-state index contributed by atoms with van der Waals surface area (Å²) in [5.41, 5.74) is 0. The molecule has 72 valence electrons. The monoisotopic (exact) mass is 172 g/mol. The first-order valence-corrected chi connectivity index (χ1v) is 4.87. The lowest BCUT2D eigenvalue weighted by atomic mass is 10.2. The van der Waals surface area contributed by atoms with Gasteiger partial charge in [0.15, 0.2) is 0 Å². The minimum atomic E-state index is 0.595. The molecule has 3 heteroatoms. The fourth-order valence-corrected chi connectivity index (χ4v) is 1.49. The SMILES string of the molecule is CCNCCN1CCOCC1C. The number of hydrogen-bond acceptors (Lipinski definition) is 3. The highest BCUT2D eigenvalue weighted by Gasteiger charge is 2.17. The van der Waals surface area contributed by atoms with Gasteiger partial charge in [-0.05, 0) is 13.5 Å². The molecule has 0 spiro atoms. The van der Waals surface area contributed by atoms with E-state index in [2.05, 4.69) is 24.1 Å². The summed E-state index contributed by atoms with van der Waals surface area (Å²) in [5.74, 6) is 0. The number of nitrogens with one attached hydrogen (secondary N) is 1. The van der Waals surface area contributed by atoms with Gasteiger partial charge in [-0.1, -0.05) is 6.92 Å². The quantitative estimate of drug-likeness (QED) is 0.618. The zero-order chi connectivity index (χ0) is 8.81. The Labute approximate surface area is 75.1 Å². The molecule has 0 bridgehead atoms. The first-order chi connectivity index (χ1) is 5.84. The maximum Gasteiger partial charge on any atom is 0.0619 e. The van der Waals surface area contributed by atoms with Gasteiger partial charge in [0.25, 0.3) is 0 Å². The van der Waals surface area contributed by atoms with Crippen LogP contribution in [0.5, 0.6) is 0 Å². The van der Waals surface area contributed by atoms with Gasteiger partial charge >= 0.3 is 0 Å². The zero-order valence-electron chi connectivity index (χ0n) is 8.18. The Bertz CT molecular complexity index is 119. The Morgan fingerprint density at radius 2 is 2.42 bits per heavy atom. The van der Waals surface area contributed by atoms with Crippen LogP contribution in [-0.2, 0) is 4.74 Å². The molecular weight excluding hydrogens is 152 g/mol. The molecule has 1 fully saturated rings. The molecule has 0 aliphatic carbocycles. The second kappa shape index (κ2) is 5.51. The minimum Gasteiger partial charge on any atom is -0.379 e. The van der Waals surface area contributed by atoms with E-state index >= 15 is 0 Å². The first kappa shape index (κ1) is 9.96. The Balaban J connectivity index is 2.11. The molecule has 1 aliphatic rings. The van der Waals surface area contributed by atoms with Gasteiger partial charge in [-0.15, -0.1) is 0 Å². The van der Waals surface area contributed by atoms with E-state index in [0.29, 0.717) is 6.04 Å². The van der Waals surface area contributed by atoms with Crippen LogP contribution in [0.4, 0.5) is 0 Å². The van der Waals surface area contributed by atoms with Gasteiger partial charge in [0.05, 0.1) is 13.2 Å². The number of rotatable bonds is 4. The molecule has 1 atom stereocenters. The molecule has 0 aromatic carbocycles. The van der Waals surface area contributed by atoms with Crippen LogP contribution in [0, 0.1) is 0 Å². The standard InChI is InChI=1S/C9H20N2O/c1-3-10-4-5-11-6-7-12-8-9(11)2/h9-10H,3-8H2,1-2H3. The summed E-state index contributed by atoms with van der Waals surface area (Å²) in [4.78, 5) is 2.48. The molecule has 0 saturated carbocycles. The molecule has 1 heterocycles. The molecule has 1 unspecified atom stereocenters. The average molecular weight is 172 g/mol. The molecule has 12 heavy (non-hydrogen) atoms. The highest BCUT2D eigenvalue weighted by atomic mass is 16.5. The molecule has 1 saturated heterocycles. The fourth-order valence-electron chi connectivity index (χ4n) is 1.49. The van der Waals surface area contributed by atoms with Crippen LogP contribution in [0.3, 0.4) is 0 Å². The van der Waals surface area contributed by atoms with E-state index in [-0.39, 0.29) is 0 Å². The summed E-state index contributed by atoms with van der Waals surface area (Å²) >= 11 is 0. The van der Waals surface area contributed by atoms with Gasteiger partial charge in [-0.25, -0.2) is 0 Å². The largest absolute Gasteiger partial charge is 0.379 e. The molecule has 0 aromatic rings. The van der Waals surface area contributed by atoms with Crippen molar-refractivity contribution in [1.82, 2.24) is 10.2 Å². The van der Waals surface area contributed by atoms with Crippen molar-refractivity contribution in [2.45, 2.75) is 19.9 Å². The van der Waals surface area contributed by atoms with Gasteiger partial charge in [0.2, 0.25) is 0 Å². The molecule has 0 amide bonds. The van der Waals surface area contributed by atoms with Crippen molar-refractivity contribution in [1.29, 1.82) is 0 Å². The first-order valence-electron chi connectivity index (χ1n) is 4.87. The Morgan fingerprint density at radius 1 is 1.58 bits per heavy atom. The number of likely N-dealkylation sites (N-methyl/N-ethyl adjacent to an activating group) is 1. The van der Waals surface area contributed by atoms with E-state index in [9.17, 15) is 0 Å². The predicted octanol–water partition coefficient (Wildman–Crippen LogP) is 0.317. The van der Waals surface area contributed by atoms with Crippen molar-refractivity contribution in [3.63, 3.8) is 0 Å². The minimum absolute atomic E-state index is 0.595. The summed E-state index contributed by atoms with van der Waals surface area (Å²) in [7, 11) is 0. The van der Waals surface area contributed by atoms with Gasteiger partial charge in [-0.2, -0.15) is 0 Å². The predicted molar refractivity (Wildman–Crippen MR) is 50.4 cm³/mol. The molecule has 3 nitrogen and oxygen atoms in total. The van der Waals surface area contributed by atoms with Gasteiger partial charge in [-0.3, -0.25) is 4.90 Å². The number of nitrogens with zero attached hydrogens (tertiary/aromatic N) is 1. The Morgan fingerprint density at radius 3 is 3.08 bits per heavy atom. The summed E-state index contributed by atoms with van der Waals surface area (Å²) in [6, 6.07) is 0.595. The van der Waals surface area contributed by atoms with Crippen LogP contribution in [0.15, 0.2) is 0 Å². The van der Waals surface area contributed by atoms with Crippen LogP contribution in [0.2, 0.25) is 0 Å². The summed E-state index contributed by atoms with van der Waals surface area (Å²) in [5, 5.41) is 3.33. The highest BCUT2D eigenvalue weighted by Crippen LogP contribution is 2.04. The lowest BCUT2D eigenvalue weighted by molar-refractivity contribution is 0.000496. The second-order valence-corrected chi connectivity index (χ2v) is 3.31. The molecule has 1 rings (SSSR count). The molecule has 1 N–H and O–H groups in total. The van der Waals surface area contributed by atoms with Gasteiger partial charge in [0, 0.05) is 25.7 Å². The second-order valence-electron chi connectivity index (χ2n) is 3.31. The lowest BCUT2D eigenvalue weighted by Crippen LogP contribution is -2.46. The van der Waals surface area contributed by atoms with E-state index in [1.165, 1.54) is 0 Å². The van der Waals surface area contributed by atoms with Crippen molar-refractivity contribution in [2.24, 2.45) is 0 Å². The third-order valence-corrected chi connectivity index (χ3v) is 2.33. The lowest BCUT2D eigenvalue weighted by Gasteiger charge is -2.33. The number of ether oxygens (including phenoxy) is 1. The van der Waals surface area contributed by atoms with E-state index in [1.54, 1.807) is 0 Å². The smallest absolute Gasteiger partial charge is 0.0619 e. The maximum absolute atomic E-state index is 5.36. The zero-order valence-corrected chi connectivity index (χ0v) is 8.18. The number of hydrogen-bond donors (Lipinski definition) is 1. The molecule has 0 aromatic heterocycles. The third-order valence-electron chi connectivity index (χ3n) is 2.33. The van der Waals surface area contributed by atoms with Crippen LogP contribution >= 0.6 is 0 Å². The molecule has 0 radical (unpaired) electrons. The highest BCUT2D eigenvalue weighted by molar-refractivity contribution is 4.71.